The van der Waals surface area contributed by atoms with E-state index in [1.54, 1.807) is 0 Å². The number of hydrogen-bond acceptors (Lipinski definition) is 4. The number of imidazole rings is 1. The van der Waals surface area contributed by atoms with Crippen molar-refractivity contribution < 1.29 is 4.79 Å². The van der Waals surface area contributed by atoms with Gasteiger partial charge in [-0.1, -0.05) is 55.5 Å². The van der Waals surface area contributed by atoms with Crippen molar-refractivity contribution in [3.8, 4) is 0 Å². The first-order valence-electron chi connectivity index (χ1n) is 12.6. The molecule has 3 N–H and O–H groups in total. The zero-order chi connectivity index (χ0) is 24.2. The molecule has 2 heterocycles. The Morgan fingerprint density at radius 3 is 2.43 bits per heavy atom. The second kappa shape index (κ2) is 10.4. The molecular formula is C29H33N5O. The third kappa shape index (κ3) is 5.14. The molecule has 0 spiro atoms. The van der Waals surface area contributed by atoms with Gasteiger partial charge in [-0.3, -0.25) is 4.79 Å². The van der Waals surface area contributed by atoms with E-state index in [4.69, 9.17) is 4.98 Å². The highest BCUT2D eigenvalue weighted by atomic mass is 16.2. The molecule has 6 nitrogen and oxygen atoms in total. The Bertz CT molecular complexity index is 1290. The number of fused-ring (bicyclic) bond motifs is 1. The number of carbonyl (C=O) groups is 1. The molecule has 1 aromatic heterocycles. The zero-order valence-electron chi connectivity index (χ0n) is 20.4. The van der Waals surface area contributed by atoms with E-state index in [0.29, 0.717) is 6.42 Å². The average molecular weight is 468 g/mol. The summed E-state index contributed by atoms with van der Waals surface area (Å²) in [5.41, 5.74) is 13.2. The molecule has 1 aliphatic rings. The van der Waals surface area contributed by atoms with Crippen molar-refractivity contribution in [1.82, 2.24) is 20.4 Å². The van der Waals surface area contributed by atoms with Crippen molar-refractivity contribution >= 4 is 22.6 Å². The highest BCUT2D eigenvalue weighted by Gasteiger charge is 2.30. The van der Waals surface area contributed by atoms with Crippen molar-refractivity contribution in [2.24, 2.45) is 0 Å². The molecule has 0 radical (unpaired) electrons. The molecule has 4 aromatic rings. The van der Waals surface area contributed by atoms with E-state index in [0.717, 1.165) is 42.8 Å². The maximum absolute atomic E-state index is 12.8. The van der Waals surface area contributed by atoms with E-state index in [-0.39, 0.29) is 18.0 Å². The minimum atomic E-state index is -0.271. The van der Waals surface area contributed by atoms with Crippen LogP contribution < -0.4 is 16.2 Å². The third-order valence-electron chi connectivity index (χ3n) is 6.92. The molecule has 0 saturated carbocycles. The molecule has 0 aliphatic carbocycles. The number of carbonyl (C=O) groups excluding carboxylic acids is 1. The van der Waals surface area contributed by atoms with Gasteiger partial charge < -0.3 is 9.88 Å². The summed E-state index contributed by atoms with van der Waals surface area (Å²) < 4.78 is 2.29. The topological polar surface area (TPSA) is 71.0 Å². The van der Waals surface area contributed by atoms with Crippen LogP contribution in [-0.4, -0.2) is 21.5 Å². The van der Waals surface area contributed by atoms with Crippen LogP contribution >= 0.6 is 0 Å². The van der Waals surface area contributed by atoms with E-state index in [9.17, 15) is 4.79 Å². The summed E-state index contributed by atoms with van der Waals surface area (Å²) in [6.45, 7) is 5.23. The molecule has 3 aromatic carbocycles. The van der Waals surface area contributed by atoms with Crippen LogP contribution in [0.1, 0.15) is 48.8 Å². The third-order valence-corrected chi connectivity index (χ3v) is 6.92. The standard InChI is InChI=1S/C29H33N5O/c1-3-20-9-14-22(15-10-20)25-19-26(33-32-25)29(35)30-23-16-11-21(12-17-23)13-18-28-31-24-7-5-6-8-27(24)34(28)4-2/h5-12,14-17,25-26,32-33H,3-4,13,18-19H2,1-2H3,(H,30,35). The number of aromatic nitrogens is 2. The van der Waals surface area contributed by atoms with Gasteiger partial charge in [0, 0.05) is 24.7 Å². The molecule has 1 fully saturated rings. The normalized spacial score (nSPS) is 17.7. The van der Waals surface area contributed by atoms with Gasteiger partial charge in [-0.25, -0.2) is 15.8 Å². The van der Waals surface area contributed by atoms with Gasteiger partial charge in [-0.15, -0.1) is 0 Å². The lowest BCUT2D eigenvalue weighted by Gasteiger charge is -2.12. The van der Waals surface area contributed by atoms with E-state index in [1.165, 1.54) is 22.2 Å². The fraction of sp³-hybridized carbons (Fsp3) is 0.310. The molecule has 180 valence electrons. The summed E-state index contributed by atoms with van der Waals surface area (Å²) >= 11 is 0. The number of rotatable bonds is 8. The monoisotopic (exact) mass is 467 g/mol. The number of amides is 1. The fourth-order valence-electron chi connectivity index (χ4n) is 4.84. The van der Waals surface area contributed by atoms with Crippen molar-refractivity contribution in [3.05, 3.63) is 95.3 Å². The predicted molar refractivity (Wildman–Crippen MR) is 141 cm³/mol. The fourth-order valence-corrected chi connectivity index (χ4v) is 4.84. The summed E-state index contributed by atoms with van der Waals surface area (Å²) in [5.74, 6) is 1.10. The molecule has 1 aliphatic heterocycles. The first kappa shape index (κ1) is 23.3. The highest BCUT2D eigenvalue weighted by molar-refractivity contribution is 5.95. The molecule has 1 amide bonds. The lowest BCUT2D eigenvalue weighted by Crippen LogP contribution is -2.39. The van der Waals surface area contributed by atoms with E-state index in [1.807, 2.05) is 18.2 Å². The van der Waals surface area contributed by atoms with Crippen molar-refractivity contribution in [2.45, 2.75) is 58.2 Å². The highest BCUT2D eigenvalue weighted by Crippen LogP contribution is 2.24. The average Bonchev–Trinajstić information content (AvgIpc) is 3.53. The SMILES string of the molecule is CCc1ccc(C2CC(C(=O)Nc3ccc(CCc4nc5ccccc5n4CC)cc3)NN2)cc1. The van der Waals surface area contributed by atoms with Gasteiger partial charge in [0.2, 0.25) is 5.91 Å². The Hall–Kier alpha value is -3.48. The predicted octanol–water partition coefficient (Wildman–Crippen LogP) is 4.95. The summed E-state index contributed by atoms with van der Waals surface area (Å²) in [4.78, 5) is 17.6. The van der Waals surface area contributed by atoms with Crippen molar-refractivity contribution in [2.75, 3.05) is 5.32 Å². The number of hydrogen-bond donors (Lipinski definition) is 3. The van der Waals surface area contributed by atoms with Crippen LogP contribution in [0, 0.1) is 0 Å². The number of nitrogens with one attached hydrogen (secondary N) is 3. The van der Waals surface area contributed by atoms with Crippen molar-refractivity contribution in [1.29, 1.82) is 0 Å². The smallest absolute Gasteiger partial charge is 0.242 e. The van der Waals surface area contributed by atoms with E-state index in [2.05, 4.69) is 89.2 Å². The molecular weight excluding hydrogens is 434 g/mol. The molecule has 5 rings (SSSR count). The molecule has 0 bridgehead atoms. The number of benzene rings is 3. The lowest BCUT2D eigenvalue weighted by atomic mass is 10.00. The van der Waals surface area contributed by atoms with Crippen LogP contribution in [-0.2, 0) is 30.6 Å². The minimum Gasteiger partial charge on any atom is -0.328 e. The molecule has 2 atom stereocenters. The maximum atomic E-state index is 12.8. The summed E-state index contributed by atoms with van der Waals surface area (Å²) in [6, 6.07) is 24.9. The zero-order valence-corrected chi connectivity index (χ0v) is 20.4. The van der Waals surface area contributed by atoms with Gasteiger partial charge in [0.1, 0.15) is 11.9 Å². The number of hydrazine groups is 1. The number of nitrogens with zero attached hydrogens (tertiary/aromatic N) is 2. The van der Waals surface area contributed by atoms with Crippen LogP contribution in [0.2, 0.25) is 0 Å². The van der Waals surface area contributed by atoms with Gasteiger partial charge >= 0.3 is 0 Å². The lowest BCUT2D eigenvalue weighted by molar-refractivity contribution is -0.117. The molecule has 2 unspecified atom stereocenters. The molecule has 35 heavy (non-hydrogen) atoms. The minimum absolute atomic E-state index is 0.0189. The van der Waals surface area contributed by atoms with Gasteiger partial charge in [0.15, 0.2) is 0 Å². The number of anilines is 1. The van der Waals surface area contributed by atoms with Crippen LogP contribution in [0.15, 0.2) is 72.8 Å². The quantitative estimate of drug-likeness (QED) is 0.343. The second-order valence-electron chi connectivity index (χ2n) is 9.17. The van der Waals surface area contributed by atoms with E-state index < -0.39 is 0 Å². The summed E-state index contributed by atoms with van der Waals surface area (Å²) in [7, 11) is 0. The van der Waals surface area contributed by atoms with Gasteiger partial charge in [0.25, 0.3) is 0 Å². The largest absolute Gasteiger partial charge is 0.328 e. The Morgan fingerprint density at radius 1 is 0.943 bits per heavy atom. The van der Waals surface area contributed by atoms with Crippen LogP contribution in [0.25, 0.3) is 11.0 Å². The molecule has 1 saturated heterocycles. The number of aryl methyl sites for hydroxylation is 4. The Kier molecular flexibility index (Phi) is 6.93. The van der Waals surface area contributed by atoms with E-state index >= 15 is 0 Å². The van der Waals surface area contributed by atoms with Gasteiger partial charge in [-0.2, -0.15) is 0 Å². The second-order valence-corrected chi connectivity index (χ2v) is 9.17. The number of para-hydroxylation sites is 2. The van der Waals surface area contributed by atoms with Crippen LogP contribution in [0.3, 0.4) is 0 Å². The first-order valence-corrected chi connectivity index (χ1v) is 12.6. The molecule has 6 heteroatoms. The Labute approximate surface area is 206 Å². The Morgan fingerprint density at radius 2 is 1.69 bits per heavy atom. The van der Waals surface area contributed by atoms with Crippen LogP contribution in [0.5, 0.6) is 0 Å². The van der Waals surface area contributed by atoms with Crippen molar-refractivity contribution in [3.63, 3.8) is 0 Å². The maximum Gasteiger partial charge on any atom is 0.242 e. The van der Waals surface area contributed by atoms with Gasteiger partial charge in [0.05, 0.1) is 11.0 Å². The van der Waals surface area contributed by atoms with Gasteiger partial charge in [-0.05, 0) is 67.1 Å². The van der Waals surface area contributed by atoms with Crippen LogP contribution in [0.4, 0.5) is 5.69 Å². The first-order chi connectivity index (χ1) is 17.1. The Balaban J connectivity index is 1.15. The summed E-state index contributed by atoms with van der Waals surface area (Å²) in [5, 5.41) is 3.05. The summed E-state index contributed by atoms with van der Waals surface area (Å²) in [6.07, 6.45) is 3.53.